The van der Waals surface area contributed by atoms with Gasteiger partial charge in [0.25, 0.3) is 6.67 Å². The Morgan fingerprint density at radius 1 is 0.406 bits per heavy atom. The number of nitroso groups, excluding NO2 is 3. The van der Waals surface area contributed by atoms with E-state index in [1.54, 1.807) is 0 Å². The molecule has 13 saturated heterocycles. The van der Waals surface area contributed by atoms with Gasteiger partial charge in [-0.3, -0.25) is 55.1 Å². The number of imide groups is 1. The van der Waals surface area contributed by atoms with Crippen molar-refractivity contribution in [2.75, 3.05) is 46.7 Å². The molecule has 0 aliphatic carbocycles. The normalized spacial score (nSPS) is 39.5. The summed E-state index contributed by atoms with van der Waals surface area (Å²) in [6, 6.07) is -7.95. The summed E-state index contributed by atoms with van der Waals surface area (Å²) >= 11 is 0. The Balaban J connectivity index is 0.924. The maximum Gasteiger partial charge on any atom is 0.490 e. The van der Waals surface area contributed by atoms with Gasteiger partial charge in [-0.25, -0.2) is 58.3 Å². The lowest BCUT2D eigenvalue weighted by molar-refractivity contribution is -0.855. The van der Waals surface area contributed by atoms with E-state index in [1.807, 2.05) is 0 Å². The van der Waals surface area contributed by atoms with E-state index in [4.69, 9.17) is 0 Å². The molecule has 13 aliphatic heterocycles. The average Bonchev–Trinajstić information content (AvgIpc) is 4.06. The van der Waals surface area contributed by atoms with Crippen molar-refractivity contribution in [2.45, 2.75) is 74.0 Å². The lowest BCUT2D eigenvalue weighted by Gasteiger charge is -2.34. The van der Waals surface area contributed by atoms with Crippen molar-refractivity contribution in [1.29, 1.82) is 0 Å². The molecule has 0 aromatic rings. The molecule has 12 bridgehead atoms. The van der Waals surface area contributed by atoms with Gasteiger partial charge in [0.15, 0.2) is 35.7 Å². The summed E-state index contributed by atoms with van der Waals surface area (Å²) in [5.41, 5.74) is 0. The molecule has 12 atom stereocenters. The summed E-state index contributed by atoms with van der Waals surface area (Å²) in [5, 5.41) is 26.2. The first kappa shape index (κ1) is 36.9. The fourth-order valence-corrected chi connectivity index (χ4v) is 11.0. The predicted molar refractivity (Wildman–Crippen MR) is 189 cm³/mol. The third kappa shape index (κ3) is 4.34. The number of rotatable bonds is 0. The summed E-state index contributed by atoms with van der Waals surface area (Å²) in [6.07, 6.45) is -16.5. The molecular formula is C28H35N24O12+3. The first-order chi connectivity index (χ1) is 30.7. The summed E-state index contributed by atoms with van der Waals surface area (Å²) in [5.74, 6) is 0. The average molecular weight is 900 g/mol. The maximum atomic E-state index is 14.6. The Labute approximate surface area is 354 Å². The third-order valence-corrected chi connectivity index (χ3v) is 13.9. The molecule has 13 aliphatic rings. The van der Waals surface area contributed by atoms with Gasteiger partial charge >= 0.3 is 66.6 Å². The van der Waals surface area contributed by atoms with Crippen LogP contribution < -0.4 is 47.9 Å². The number of hydrogen-bond donors (Lipinski definition) is 9. The zero-order valence-corrected chi connectivity index (χ0v) is 32.5. The summed E-state index contributed by atoms with van der Waals surface area (Å²) in [7, 11) is 0. The molecule has 0 radical (unpaired) electrons. The number of hydrazine groups is 2. The van der Waals surface area contributed by atoms with Crippen LogP contribution in [-0.2, 0) is 0 Å². The van der Waals surface area contributed by atoms with E-state index < -0.39 is 162 Å². The van der Waals surface area contributed by atoms with Gasteiger partial charge in [-0.15, -0.1) is 0 Å². The number of nitrogens with one attached hydrogen (secondary N) is 9. The minimum atomic E-state index is -1.89. The number of nitrogens with zero attached hydrogens (tertiary/aromatic N) is 15. The summed E-state index contributed by atoms with van der Waals surface area (Å²) in [4.78, 5) is 180. The highest BCUT2D eigenvalue weighted by molar-refractivity contribution is 5.98. The molecule has 36 heteroatoms. The van der Waals surface area contributed by atoms with E-state index in [1.165, 1.54) is 9.80 Å². The molecule has 12 unspecified atom stereocenters. The van der Waals surface area contributed by atoms with E-state index in [0.717, 1.165) is 39.2 Å². The zero-order chi connectivity index (χ0) is 44.1. The van der Waals surface area contributed by atoms with Gasteiger partial charge in [0, 0.05) is 4.91 Å². The highest BCUT2D eigenvalue weighted by atomic mass is 16.4. The van der Waals surface area contributed by atoms with E-state index in [-0.39, 0.29) is 27.8 Å². The van der Waals surface area contributed by atoms with Crippen molar-refractivity contribution in [3.8, 4) is 0 Å². The van der Waals surface area contributed by atoms with Gasteiger partial charge in [0.2, 0.25) is 23.4 Å². The van der Waals surface area contributed by atoms with Gasteiger partial charge in [-0.05, 0) is 10.0 Å². The number of urea groups is 9. The van der Waals surface area contributed by atoms with Crippen molar-refractivity contribution >= 4 is 54.3 Å². The van der Waals surface area contributed by atoms with Crippen LogP contribution in [-0.4, -0.2) is 248 Å². The van der Waals surface area contributed by atoms with Crippen LogP contribution in [0.1, 0.15) is 0 Å². The topological polar surface area (TPSA) is 361 Å². The monoisotopic (exact) mass is 899 g/mol. The van der Waals surface area contributed by atoms with Crippen molar-refractivity contribution in [1.82, 2.24) is 107 Å². The molecule has 13 heterocycles. The molecule has 13 fully saturated rings. The fraction of sp³-hybridized carbons (Fsp3) is 0.679. The van der Waals surface area contributed by atoms with Gasteiger partial charge in [-0.2, -0.15) is 0 Å². The number of hydrogen-bond acceptors (Lipinski definition) is 16. The first-order valence-electron chi connectivity index (χ1n) is 20.0. The van der Waals surface area contributed by atoms with E-state index in [2.05, 4.69) is 47.9 Å². The SMILES string of the molecule is O=C1NC2C3N1CNC1NCN3C(=O)N2CN2C(=O)N3C(=O)NC(NCN4C(=O)NC2C43)C2NCN3C(=O)NC4C3N(C(=O)N4CN3C(=O)N4C5C3NC(=O)N5C[N+](=O)C1[N+]4=O)[N+]2=O. The number of amides is 18. The minimum Gasteiger partial charge on any atom is -0.314 e. The van der Waals surface area contributed by atoms with Crippen molar-refractivity contribution in [3.05, 3.63) is 14.7 Å². The Kier molecular flexibility index (Phi) is 6.94. The second kappa shape index (κ2) is 12.0. The summed E-state index contributed by atoms with van der Waals surface area (Å²) in [6.45, 7) is -3.65. The van der Waals surface area contributed by atoms with Gasteiger partial charge in [0.1, 0.15) is 25.7 Å². The second-order valence-electron chi connectivity index (χ2n) is 16.8. The highest BCUT2D eigenvalue weighted by Gasteiger charge is 2.73. The largest absolute Gasteiger partial charge is 0.490 e. The van der Waals surface area contributed by atoms with E-state index in [0.29, 0.717) is 10.0 Å². The molecule has 9 N–H and O–H groups in total. The molecule has 13 rings (SSSR count). The molecule has 336 valence electrons. The third-order valence-electron chi connectivity index (χ3n) is 13.9. The smallest absolute Gasteiger partial charge is 0.314 e. The molecule has 0 aromatic carbocycles. The fourth-order valence-electron chi connectivity index (χ4n) is 11.0. The molecule has 0 aromatic heterocycles. The van der Waals surface area contributed by atoms with Crippen LogP contribution in [0.5, 0.6) is 0 Å². The van der Waals surface area contributed by atoms with E-state index in [9.17, 15) is 57.9 Å². The van der Waals surface area contributed by atoms with E-state index >= 15 is 0 Å². The maximum absolute atomic E-state index is 14.6. The van der Waals surface area contributed by atoms with Crippen LogP contribution in [0.2, 0.25) is 0 Å². The minimum absolute atomic E-state index is 0.0671. The van der Waals surface area contributed by atoms with Crippen molar-refractivity contribution in [3.63, 3.8) is 0 Å². The van der Waals surface area contributed by atoms with Gasteiger partial charge in [0.05, 0.1) is 41.2 Å². The van der Waals surface area contributed by atoms with Crippen LogP contribution in [0.3, 0.4) is 0 Å². The Hall–Kier alpha value is -7.73. The Morgan fingerprint density at radius 2 is 0.859 bits per heavy atom. The lowest BCUT2D eigenvalue weighted by atomic mass is 10.3. The number of carbonyl (C=O) groups excluding carboxylic acids is 9. The molecule has 0 saturated carbocycles. The van der Waals surface area contributed by atoms with Gasteiger partial charge < -0.3 is 26.6 Å². The lowest BCUT2D eigenvalue weighted by Crippen LogP contribution is -2.69. The predicted octanol–water partition coefficient (Wildman–Crippen LogP) is -8.04. The zero-order valence-electron chi connectivity index (χ0n) is 32.5. The van der Waals surface area contributed by atoms with Crippen LogP contribution in [0.15, 0.2) is 0 Å². The quantitative estimate of drug-likeness (QED) is 0.102. The standard InChI is InChI=1S/C28H32N24O12/c53-20-34-11-16-38(20)2-30-9-15-47(62)7-46-19-14(37-23(46)56)45(28(61)50(19)52(15)64)6-44-13-18-40(22(55)36-13)4-32-10(51(63)49(18)27(44)60)8-29-1-39-17-12(35-21(39)54)43(26(59)48(17)24(57)33-8)5-42(11)25(58)41(16)3-31-9/h8-19,29-32H,1-7H2,(H2-3,33,34,35,36,37,53,54,55,56,57)/p+3. The molecular weight excluding hydrogens is 864 g/mol. The second-order valence-corrected chi connectivity index (χ2v) is 16.8. The van der Waals surface area contributed by atoms with Crippen molar-refractivity contribution in [2.24, 2.45) is 0 Å². The van der Waals surface area contributed by atoms with Crippen LogP contribution in [0.25, 0.3) is 0 Å². The highest BCUT2D eigenvalue weighted by Crippen LogP contribution is 2.38. The van der Waals surface area contributed by atoms with Crippen LogP contribution in [0.4, 0.5) is 43.2 Å². The van der Waals surface area contributed by atoms with Crippen molar-refractivity contribution < 1.29 is 57.6 Å². The molecule has 64 heavy (non-hydrogen) atoms. The number of fused-ring (bicyclic) bond motifs is 16. The molecule has 0 spiro atoms. The van der Waals surface area contributed by atoms with Crippen LogP contribution in [0, 0.1) is 14.7 Å². The Bertz CT molecular complexity index is 2390. The van der Waals surface area contributed by atoms with Gasteiger partial charge in [-0.1, -0.05) is 0 Å². The summed E-state index contributed by atoms with van der Waals surface area (Å²) < 4.78 is 0.246. The Morgan fingerprint density at radius 3 is 1.50 bits per heavy atom. The first-order valence-corrected chi connectivity index (χ1v) is 20.0. The molecule has 18 amide bonds. The van der Waals surface area contributed by atoms with Crippen LogP contribution >= 0.6 is 0 Å². The number of carbonyl (C=O) groups is 9. The molecule has 36 nitrogen and oxygen atoms in total.